The molecule has 168 valence electrons. The second-order valence-electron chi connectivity index (χ2n) is 7.72. The fourth-order valence-electron chi connectivity index (χ4n) is 3.32. The van der Waals surface area contributed by atoms with E-state index in [1.165, 1.54) is 29.8 Å². The molecule has 0 bridgehead atoms. The Morgan fingerprint density at radius 2 is 1.85 bits per heavy atom. The van der Waals surface area contributed by atoms with Crippen molar-refractivity contribution in [3.8, 4) is 17.2 Å². The number of amides is 1. The average Bonchev–Trinajstić information content (AvgIpc) is 3.26. The van der Waals surface area contributed by atoms with Crippen LogP contribution >= 0.6 is 0 Å². The van der Waals surface area contributed by atoms with E-state index in [4.69, 9.17) is 9.15 Å². The Kier molecular flexibility index (Phi) is 6.35. The summed E-state index contributed by atoms with van der Waals surface area (Å²) < 4.78 is 11.3. The predicted octanol–water partition coefficient (Wildman–Crippen LogP) is 5.93. The van der Waals surface area contributed by atoms with Gasteiger partial charge in [0.2, 0.25) is 5.89 Å². The van der Waals surface area contributed by atoms with Gasteiger partial charge in [0, 0.05) is 23.4 Å². The molecular weight excluding hydrogens is 422 g/mol. The van der Waals surface area contributed by atoms with Crippen molar-refractivity contribution in [1.29, 1.82) is 0 Å². The van der Waals surface area contributed by atoms with Gasteiger partial charge >= 0.3 is 0 Å². The standard InChI is InChI=1S/C25H23N3O5/c1-3-16(2)18-6-13-23-22(14-18)27-25(33-23)17-4-7-19(8-5-17)26-24(29)15-32-21-11-9-20(10-12-21)28(30)31/h4-14,16H,3,15H2,1-2H3,(H,26,29). The second-order valence-corrected chi connectivity index (χ2v) is 7.72. The molecule has 0 aliphatic heterocycles. The molecular formula is C25H23N3O5. The van der Waals surface area contributed by atoms with Crippen molar-refractivity contribution in [2.24, 2.45) is 0 Å². The van der Waals surface area contributed by atoms with Crippen molar-refractivity contribution < 1.29 is 18.9 Å². The Balaban J connectivity index is 1.37. The number of aromatic nitrogens is 1. The number of nitro benzene ring substituents is 1. The molecule has 1 atom stereocenters. The zero-order valence-electron chi connectivity index (χ0n) is 18.3. The number of hydrogen-bond acceptors (Lipinski definition) is 6. The summed E-state index contributed by atoms with van der Waals surface area (Å²) in [5.41, 5.74) is 4.16. The number of anilines is 1. The van der Waals surface area contributed by atoms with E-state index < -0.39 is 4.92 Å². The molecule has 0 aliphatic carbocycles. The Hall–Kier alpha value is -4.20. The number of non-ortho nitro benzene ring substituents is 1. The average molecular weight is 445 g/mol. The fourth-order valence-corrected chi connectivity index (χ4v) is 3.32. The third-order valence-electron chi connectivity index (χ3n) is 5.43. The highest BCUT2D eigenvalue weighted by molar-refractivity contribution is 5.92. The summed E-state index contributed by atoms with van der Waals surface area (Å²) in [4.78, 5) is 27.0. The van der Waals surface area contributed by atoms with Crippen LogP contribution in [0.3, 0.4) is 0 Å². The molecule has 0 saturated heterocycles. The van der Waals surface area contributed by atoms with Crippen molar-refractivity contribution in [2.75, 3.05) is 11.9 Å². The summed E-state index contributed by atoms with van der Waals surface area (Å²) in [5.74, 6) is 1.01. The van der Waals surface area contributed by atoms with Crippen molar-refractivity contribution >= 4 is 28.4 Å². The number of nitrogens with zero attached hydrogens (tertiary/aromatic N) is 2. The molecule has 1 aromatic heterocycles. The highest BCUT2D eigenvalue weighted by Crippen LogP contribution is 2.28. The number of hydrogen-bond donors (Lipinski definition) is 1. The van der Waals surface area contributed by atoms with Gasteiger partial charge in [-0.3, -0.25) is 14.9 Å². The quantitative estimate of drug-likeness (QED) is 0.266. The van der Waals surface area contributed by atoms with Gasteiger partial charge in [-0.15, -0.1) is 0 Å². The van der Waals surface area contributed by atoms with Crippen molar-refractivity contribution in [3.63, 3.8) is 0 Å². The predicted molar refractivity (Wildman–Crippen MR) is 125 cm³/mol. The lowest BCUT2D eigenvalue weighted by Gasteiger charge is -2.07. The van der Waals surface area contributed by atoms with Crippen molar-refractivity contribution in [1.82, 2.24) is 4.98 Å². The number of fused-ring (bicyclic) bond motifs is 1. The van der Waals surface area contributed by atoms with Crippen LogP contribution < -0.4 is 10.1 Å². The number of carbonyl (C=O) groups is 1. The van der Waals surface area contributed by atoms with Gasteiger partial charge in [0.25, 0.3) is 11.6 Å². The van der Waals surface area contributed by atoms with Crippen molar-refractivity contribution in [3.05, 3.63) is 82.4 Å². The van der Waals surface area contributed by atoms with Crippen LogP contribution in [-0.2, 0) is 4.79 Å². The molecule has 1 heterocycles. The van der Waals surface area contributed by atoms with Crippen LogP contribution in [0.4, 0.5) is 11.4 Å². The third kappa shape index (κ3) is 5.17. The normalized spacial score (nSPS) is 11.8. The number of nitrogens with one attached hydrogen (secondary N) is 1. The van der Waals surface area contributed by atoms with Gasteiger partial charge in [0.1, 0.15) is 11.3 Å². The maximum absolute atomic E-state index is 12.2. The summed E-state index contributed by atoms with van der Waals surface area (Å²) >= 11 is 0. The minimum Gasteiger partial charge on any atom is -0.484 e. The van der Waals surface area contributed by atoms with Gasteiger partial charge in [-0.2, -0.15) is 0 Å². The second kappa shape index (κ2) is 9.52. The van der Waals surface area contributed by atoms with Gasteiger partial charge in [0.15, 0.2) is 12.2 Å². The first-order valence-corrected chi connectivity index (χ1v) is 10.6. The summed E-state index contributed by atoms with van der Waals surface area (Å²) in [6, 6.07) is 18.8. The van der Waals surface area contributed by atoms with E-state index in [1.807, 2.05) is 18.2 Å². The maximum Gasteiger partial charge on any atom is 0.269 e. The van der Waals surface area contributed by atoms with E-state index in [0.29, 0.717) is 23.2 Å². The molecule has 33 heavy (non-hydrogen) atoms. The Labute approximate surface area is 190 Å². The lowest BCUT2D eigenvalue weighted by molar-refractivity contribution is -0.384. The van der Waals surface area contributed by atoms with Gasteiger partial charge in [-0.05, 0) is 66.4 Å². The largest absolute Gasteiger partial charge is 0.484 e. The molecule has 0 fully saturated rings. The molecule has 1 amide bonds. The monoisotopic (exact) mass is 445 g/mol. The minimum absolute atomic E-state index is 0.0400. The third-order valence-corrected chi connectivity index (χ3v) is 5.43. The zero-order valence-corrected chi connectivity index (χ0v) is 18.3. The van der Waals surface area contributed by atoms with Gasteiger partial charge in [-0.25, -0.2) is 4.98 Å². The topological polar surface area (TPSA) is 108 Å². The van der Waals surface area contributed by atoms with Crippen LogP contribution in [0.25, 0.3) is 22.6 Å². The number of nitro groups is 1. The van der Waals surface area contributed by atoms with Crippen LogP contribution in [0.5, 0.6) is 5.75 Å². The van der Waals surface area contributed by atoms with E-state index in [-0.39, 0.29) is 18.2 Å². The highest BCUT2D eigenvalue weighted by Gasteiger charge is 2.12. The Bertz CT molecular complexity index is 1280. The molecule has 3 aromatic carbocycles. The first-order chi connectivity index (χ1) is 15.9. The van der Waals surface area contributed by atoms with E-state index in [2.05, 4.69) is 36.3 Å². The lowest BCUT2D eigenvalue weighted by atomic mass is 9.98. The first-order valence-electron chi connectivity index (χ1n) is 10.6. The Morgan fingerprint density at radius 3 is 2.52 bits per heavy atom. The summed E-state index contributed by atoms with van der Waals surface area (Å²) in [5, 5.41) is 13.4. The molecule has 4 rings (SSSR count). The zero-order chi connectivity index (χ0) is 23.4. The maximum atomic E-state index is 12.2. The fraction of sp³-hybridized carbons (Fsp3) is 0.200. The van der Waals surface area contributed by atoms with Gasteiger partial charge in [0.05, 0.1) is 4.92 Å². The van der Waals surface area contributed by atoms with Crippen LogP contribution in [0.2, 0.25) is 0 Å². The smallest absolute Gasteiger partial charge is 0.269 e. The lowest BCUT2D eigenvalue weighted by Crippen LogP contribution is -2.20. The first kappa shape index (κ1) is 22.0. The number of ether oxygens (including phenoxy) is 1. The van der Waals surface area contributed by atoms with E-state index in [9.17, 15) is 14.9 Å². The highest BCUT2D eigenvalue weighted by atomic mass is 16.6. The van der Waals surface area contributed by atoms with Crippen LogP contribution in [0, 0.1) is 10.1 Å². The van der Waals surface area contributed by atoms with E-state index in [1.54, 1.807) is 12.1 Å². The van der Waals surface area contributed by atoms with Crippen molar-refractivity contribution in [2.45, 2.75) is 26.2 Å². The number of oxazole rings is 1. The molecule has 4 aromatic rings. The summed E-state index contributed by atoms with van der Waals surface area (Å²) in [7, 11) is 0. The van der Waals surface area contributed by atoms with E-state index in [0.717, 1.165) is 23.1 Å². The summed E-state index contributed by atoms with van der Waals surface area (Å²) in [6.07, 6.45) is 1.06. The van der Waals surface area contributed by atoms with E-state index >= 15 is 0 Å². The molecule has 0 aliphatic rings. The van der Waals surface area contributed by atoms with Crippen LogP contribution in [0.15, 0.2) is 71.1 Å². The Morgan fingerprint density at radius 1 is 1.12 bits per heavy atom. The molecule has 8 nitrogen and oxygen atoms in total. The van der Waals surface area contributed by atoms with Crippen LogP contribution in [-0.4, -0.2) is 22.4 Å². The SMILES string of the molecule is CCC(C)c1ccc2oc(-c3ccc(NC(=O)COc4ccc([N+](=O)[O-])cc4)cc3)nc2c1. The number of benzene rings is 3. The summed E-state index contributed by atoms with van der Waals surface area (Å²) in [6.45, 7) is 4.13. The van der Waals surface area contributed by atoms with Gasteiger partial charge in [-0.1, -0.05) is 19.9 Å². The molecule has 1 N–H and O–H groups in total. The molecule has 8 heteroatoms. The number of rotatable bonds is 8. The molecule has 0 spiro atoms. The molecule has 0 saturated carbocycles. The van der Waals surface area contributed by atoms with Crippen LogP contribution in [0.1, 0.15) is 31.7 Å². The number of carbonyl (C=O) groups excluding carboxylic acids is 1. The molecule has 0 radical (unpaired) electrons. The van der Waals surface area contributed by atoms with Gasteiger partial charge < -0.3 is 14.5 Å². The molecule has 1 unspecified atom stereocenters. The minimum atomic E-state index is -0.495.